The topological polar surface area (TPSA) is 12.0 Å². The maximum absolute atomic E-state index is 5.91. The fourth-order valence-corrected chi connectivity index (χ4v) is 3.00. The number of thioether (sulfide) groups is 1. The van der Waals surface area contributed by atoms with Crippen LogP contribution in [0.3, 0.4) is 0 Å². The van der Waals surface area contributed by atoms with Crippen LogP contribution in [-0.2, 0) is 6.54 Å². The fraction of sp³-hybridized carbons (Fsp3) is 0.455. The Hall–Kier alpha value is -0.180. The molecule has 0 amide bonds. The number of halogens is 1. The lowest BCUT2D eigenvalue weighted by Crippen LogP contribution is -2.27. The molecule has 1 atom stereocenters. The van der Waals surface area contributed by atoms with Crippen molar-refractivity contribution in [1.82, 2.24) is 5.32 Å². The van der Waals surface area contributed by atoms with Gasteiger partial charge in [-0.3, -0.25) is 0 Å². The highest BCUT2D eigenvalue weighted by Gasteiger charge is 2.13. The molecule has 1 N–H and O–H groups in total. The van der Waals surface area contributed by atoms with E-state index in [-0.39, 0.29) is 0 Å². The van der Waals surface area contributed by atoms with E-state index in [1.807, 2.05) is 30.0 Å². The van der Waals surface area contributed by atoms with Crippen molar-refractivity contribution in [3.63, 3.8) is 0 Å². The molecule has 1 aromatic rings. The van der Waals surface area contributed by atoms with Crippen LogP contribution in [0.4, 0.5) is 0 Å². The maximum atomic E-state index is 5.91. The second-order valence-electron chi connectivity index (χ2n) is 3.57. The van der Waals surface area contributed by atoms with Crippen LogP contribution >= 0.6 is 23.4 Å². The van der Waals surface area contributed by atoms with Gasteiger partial charge in [0, 0.05) is 23.4 Å². The standard InChI is InChI=1S/C11H14ClNS/c12-10-3-1-2-9(6-10)7-13-11-4-5-14-8-11/h1-3,6,11,13H,4-5,7-8H2. The maximum Gasteiger partial charge on any atom is 0.0409 e. The first kappa shape index (κ1) is 10.3. The molecular weight excluding hydrogens is 214 g/mol. The van der Waals surface area contributed by atoms with Gasteiger partial charge >= 0.3 is 0 Å². The van der Waals surface area contributed by atoms with Gasteiger partial charge in [0.25, 0.3) is 0 Å². The summed E-state index contributed by atoms with van der Waals surface area (Å²) in [7, 11) is 0. The Balaban J connectivity index is 1.85. The summed E-state index contributed by atoms with van der Waals surface area (Å²) < 4.78 is 0. The van der Waals surface area contributed by atoms with Gasteiger partial charge in [0.2, 0.25) is 0 Å². The van der Waals surface area contributed by atoms with Crippen LogP contribution in [0, 0.1) is 0 Å². The predicted molar refractivity (Wildman–Crippen MR) is 64.0 cm³/mol. The fourth-order valence-electron chi connectivity index (χ4n) is 1.60. The van der Waals surface area contributed by atoms with Crippen molar-refractivity contribution in [2.45, 2.75) is 19.0 Å². The summed E-state index contributed by atoms with van der Waals surface area (Å²) in [4.78, 5) is 0. The van der Waals surface area contributed by atoms with E-state index in [4.69, 9.17) is 11.6 Å². The molecule has 1 nitrogen and oxygen atoms in total. The van der Waals surface area contributed by atoms with Gasteiger partial charge in [0.1, 0.15) is 0 Å². The zero-order chi connectivity index (χ0) is 9.80. The molecule has 0 bridgehead atoms. The normalized spacial score (nSPS) is 21.4. The van der Waals surface area contributed by atoms with E-state index in [9.17, 15) is 0 Å². The average molecular weight is 228 g/mol. The van der Waals surface area contributed by atoms with Crippen LogP contribution in [0.5, 0.6) is 0 Å². The number of rotatable bonds is 3. The summed E-state index contributed by atoms with van der Waals surface area (Å²) in [5, 5.41) is 4.37. The third-order valence-electron chi connectivity index (χ3n) is 2.41. The van der Waals surface area contributed by atoms with E-state index in [2.05, 4.69) is 11.4 Å². The minimum Gasteiger partial charge on any atom is -0.309 e. The molecule has 1 unspecified atom stereocenters. The minimum atomic E-state index is 0.694. The van der Waals surface area contributed by atoms with Crippen molar-refractivity contribution in [3.05, 3.63) is 34.9 Å². The molecule has 1 aliphatic heterocycles. The van der Waals surface area contributed by atoms with Gasteiger partial charge in [-0.2, -0.15) is 11.8 Å². The predicted octanol–water partition coefficient (Wildman–Crippen LogP) is 2.94. The smallest absolute Gasteiger partial charge is 0.0409 e. The Kier molecular flexibility index (Phi) is 3.74. The number of nitrogens with one attached hydrogen (secondary N) is 1. The molecule has 1 saturated heterocycles. The summed E-state index contributed by atoms with van der Waals surface area (Å²) in [6.07, 6.45) is 1.30. The Morgan fingerprint density at radius 3 is 3.14 bits per heavy atom. The highest BCUT2D eigenvalue weighted by Crippen LogP contribution is 2.18. The number of benzene rings is 1. The summed E-state index contributed by atoms with van der Waals surface area (Å²) in [5.41, 5.74) is 1.27. The van der Waals surface area contributed by atoms with Crippen molar-refractivity contribution in [1.29, 1.82) is 0 Å². The Morgan fingerprint density at radius 2 is 2.43 bits per heavy atom. The summed E-state index contributed by atoms with van der Waals surface area (Å²) in [6, 6.07) is 8.75. The lowest BCUT2D eigenvalue weighted by molar-refractivity contribution is 0.558. The molecule has 0 saturated carbocycles. The van der Waals surface area contributed by atoms with E-state index >= 15 is 0 Å². The van der Waals surface area contributed by atoms with E-state index in [1.165, 1.54) is 23.5 Å². The van der Waals surface area contributed by atoms with Crippen molar-refractivity contribution in [3.8, 4) is 0 Å². The van der Waals surface area contributed by atoms with Gasteiger partial charge in [-0.25, -0.2) is 0 Å². The highest BCUT2D eigenvalue weighted by molar-refractivity contribution is 7.99. The second-order valence-corrected chi connectivity index (χ2v) is 5.16. The van der Waals surface area contributed by atoms with Gasteiger partial charge in [0.05, 0.1) is 0 Å². The third kappa shape index (κ3) is 2.91. The summed E-state index contributed by atoms with van der Waals surface area (Å²) >= 11 is 7.94. The zero-order valence-electron chi connectivity index (χ0n) is 8.00. The molecule has 1 aliphatic rings. The molecular formula is C11H14ClNS. The van der Waals surface area contributed by atoms with Crippen LogP contribution in [-0.4, -0.2) is 17.5 Å². The number of hydrogen-bond acceptors (Lipinski definition) is 2. The van der Waals surface area contributed by atoms with Crippen LogP contribution in [0.25, 0.3) is 0 Å². The van der Waals surface area contributed by atoms with Gasteiger partial charge in [-0.1, -0.05) is 23.7 Å². The molecule has 0 aromatic heterocycles. The third-order valence-corrected chi connectivity index (χ3v) is 3.81. The molecule has 1 fully saturated rings. The quantitative estimate of drug-likeness (QED) is 0.852. The molecule has 1 heterocycles. The van der Waals surface area contributed by atoms with E-state index in [0.29, 0.717) is 6.04 Å². The van der Waals surface area contributed by atoms with E-state index in [0.717, 1.165) is 11.6 Å². The molecule has 0 radical (unpaired) electrons. The van der Waals surface area contributed by atoms with Gasteiger partial charge < -0.3 is 5.32 Å². The van der Waals surface area contributed by atoms with Gasteiger partial charge in [0.15, 0.2) is 0 Å². The number of hydrogen-bond donors (Lipinski definition) is 1. The Bertz CT molecular complexity index is 297. The molecule has 76 valence electrons. The lowest BCUT2D eigenvalue weighted by Gasteiger charge is -2.10. The van der Waals surface area contributed by atoms with Crippen LogP contribution < -0.4 is 5.32 Å². The van der Waals surface area contributed by atoms with E-state index in [1.54, 1.807) is 0 Å². The summed E-state index contributed by atoms with van der Waals surface area (Å²) in [6.45, 7) is 0.936. The molecule has 0 spiro atoms. The first-order chi connectivity index (χ1) is 6.84. The largest absolute Gasteiger partial charge is 0.309 e. The molecule has 1 aromatic carbocycles. The molecule has 3 heteroatoms. The van der Waals surface area contributed by atoms with Gasteiger partial charge in [-0.05, 0) is 29.9 Å². The molecule has 0 aliphatic carbocycles. The lowest BCUT2D eigenvalue weighted by atomic mass is 10.2. The van der Waals surface area contributed by atoms with Crippen molar-refractivity contribution in [2.24, 2.45) is 0 Å². The summed E-state index contributed by atoms with van der Waals surface area (Å²) in [5.74, 6) is 2.55. The zero-order valence-corrected chi connectivity index (χ0v) is 9.57. The van der Waals surface area contributed by atoms with E-state index < -0.39 is 0 Å². The second kappa shape index (κ2) is 5.06. The molecule has 14 heavy (non-hydrogen) atoms. The van der Waals surface area contributed by atoms with Crippen molar-refractivity contribution in [2.75, 3.05) is 11.5 Å². The Labute approximate surface area is 94.2 Å². The van der Waals surface area contributed by atoms with Crippen LogP contribution in [0.1, 0.15) is 12.0 Å². The molecule has 2 rings (SSSR count). The first-order valence-electron chi connectivity index (χ1n) is 4.90. The Morgan fingerprint density at radius 1 is 1.50 bits per heavy atom. The van der Waals surface area contributed by atoms with Crippen LogP contribution in [0.15, 0.2) is 24.3 Å². The van der Waals surface area contributed by atoms with Gasteiger partial charge in [-0.15, -0.1) is 0 Å². The first-order valence-corrected chi connectivity index (χ1v) is 6.43. The monoisotopic (exact) mass is 227 g/mol. The van der Waals surface area contributed by atoms with Crippen molar-refractivity contribution >= 4 is 23.4 Å². The average Bonchev–Trinajstić information content (AvgIpc) is 2.67. The minimum absolute atomic E-state index is 0.694. The van der Waals surface area contributed by atoms with Crippen LogP contribution in [0.2, 0.25) is 5.02 Å². The van der Waals surface area contributed by atoms with Crippen molar-refractivity contribution < 1.29 is 0 Å². The highest BCUT2D eigenvalue weighted by atomic mass is 35.5. The SMILES string of the molecule is Clc1cccc(CNC2CCSC2)c1.